The predicted molar refractivity (Wildman–Crippen MR) is 107 cm³/mol. The number of nitrogens with zero attached hydrogens (tertiary/aromatic N) is 3. The highest BCUT2D eigenvalue weighted by molar-refractivity contribution is 7.08. The fraction of sp³-hybridized carbons (Fsp3) is 0.333. The highest BCUT2D eigenvalue weighted by atomic mass is 35.5. The number of carbonyl (C=O) groups is 2. The van der Waals surface area contributed by atoms with Gasteiger partial charge < -0.3 is 10.2 Å². The molecule has 0 unspecified atom stereocenters. The van der Waals surface area contributed by atoms with Gasteiger partial charge in [0.1, 0.15) is 10.6 Å². The van der Waals surface area contributed by atoms with Gasteiger partial charge in [0.2, 0.25) is 0 Å². The molecular weight excluding hydrogens is 407 g/mol. The van der Waals surface area contributed by atoms with E-state index < -0.39 is 5.91 Å². The first-order chi connectivity index (χ1) is 13.0. The standard InChI is InChI=1S/C18H18Cl2N4O2S/c1-11-16(27-23-22-11)17(25)21-15(18(26)24-9-5-2-6-10-24)14(20)12-7-3-4-8-13(12)19/h3-4,7-8H,2,5-6,9-10H2,1H3,(H,21,25)/b15-14-. The fourth-order valence-electron chi connectivity index (χ4n) is 2.84. The lowest BCUT2D eigenvalue weighted by atomic mass is 10.1. The van der Waals surface area contributed by atoms with Crippen molar-refractivity contribution in [2.45, 2.75) is 26.2 Å². The second kappa shape index (κ2) is 8.82. The summed E-state index contributed by atoms with van der Waals surface area (Å²) in [6, 6.07) is 6.93. The molecular formula is C18H18Cl2N4O2S. The normalized spacial score (nSPS) is 15.3. The Hall–Kier alpha value is -1.96. The molecule has 1 N–H and O–H groups in total. The minimum absolute atomic E-state index is 0.0180. The van der Waals surface area contributed by atoms with Gasteiger partial charge in [-0.15, -0.1) is 5.10 Å². The molecule has 142 valence electrons. The van der Waals surface area contributed by atoms with E-state index in [4.69, 9.17) is 23.2 Å². The summed E-state index contributed by atoms with van der Waals surface area (Å²) in [6.45, 7) is 2.95. The highest BCUT2D eigenvalue weighted by Crippen LogP contribution is 2.30. The van der Waals surface area contributed by atoms with E-state index in [1.807, 2.05) is 0 Å². The third-order valence-electron chi connectivity index (χ3n) is 4.28. The summed E-state index contributed by atoms with van der Waals surface area (Å²) in [5.41, 5.74) is 1.00. The van der Waals surface area contributed by atoms with Gasteiger partial charge in [-0.3, -0.25) is 9.59 Å². The van der Waals surface area contributed by atoms with Crippen molar-refractivity contribution in [3.05, 3.63) is 51.1 Å². The first-order valence-electron chi connectivity index (χ1n) is 8.53. The third-order valence-corrected chi connectivity index (χ3v) is 5.83. The average molecular weight is 425 g/mol. The molecule has 1 fully saturated rings. The molecule has 0 bridgehead atoms. The van der Waals surface area contributed by atoms with E-state index in [-0.39, 0.29) is 16.6 Å². The van der Waals surface area contributed by atoms with E-state index in [0.717, 1.165) is 30.8 Å². The number of hydrogen-bond donors (Lipinski definition) is 1. The molecule has 0 radical (unpaired) electrons. The van der Waals surface area contributed by atoms with E-state index >= 15 is 0 Å². The van der Waals surface area contributed by atoms with Crippen molar-refractivity contribution in [1.82, 2.24) is 19.8 Å². The smallest absolute Gasteiger partial charge is 0.271 e. The van der Waals surface area contributed by atoms with Gasteiger partial charge in [0.15, 0.2) is 0 Å². The zero-order valence-corrected chi connectivity index (χ0v) is 17.0. The van der Waals surface area contributed by atoms with E-state index in [2.05, 4.69) is 14.9 Å². The maximum Gasteiger partial charge on any atom is 0.271 e. The summed E-state index contributed by atoms with van der Waals surface area (Å²) in [6.07, 6.45) is 2.93. The average Bonchev–Trinajstić information content (AvgIpc) is 3.12. The van der Waals surface area contributed by atoms with E-state index in [9.17, 15) is 9.59 Å². The summed E-state index contributed by atoms with van der Waals surface area (Å²) in [5, 5.41) is 7.02. The minimum Gasteiger partial charge on any atom is -0.337 e. The molecule has 0 aliphatic carbocycles. The number of aromatic nitrogens is 2. The van der Waals surface area contributed by atoms with E-state index in [1.54, 1.807) is 36.1 Å². The summed E-state index contributed by atoms with van der Waals surface area (Å²) < 4.78 is 3.77. The van der Waals surface area contributed by atoms with Gasteiger partial charge in [-0.25, -0.2) is 0 Å². The van der Waals surface area contributed by atoms with Crippen molar-refractivity contribution >= 4 is 51.6 Å². The van der Waals surface area contributed by atoms with Gasteiger partial charge in [-0.05, 0) is 43.8 Å². The van der Waals surface area contributed by atoms with Gasteiger partial charge >= 0.3 is 0 Å². The molecule has 0 atom stereocenters. The van der Waals surface area contributed by atoms with Crippen LogP contribution in [0.25, 0.3) is 5.03 Å². The van der Waals surface area contributed by atoms with Crippen LogP contribution in [0, 0.1) is 6.92 Å². The quantitative estimate of drug-likeness (QED) is 0.756. The Labute approximate surface area is 171 Å². The SMILES string of the molecule is Cc1nnsc1C(=O)N/C(C(=O)N1CCCCC1)=C(\Cl)c1ccccc1Cl. The molecule has 1 aromatic heterocycles. The molecule has 6 nitrogen and oxygen atoms in total. The molecule has 0 saturated carbocycles. The minimum atomic E-state index is -0.465. The Morgan fingerprint density at radius 3 is 2.52 bits per heavy atom. The van der Waals surface area contributed by atoms with Crippen LogP contribution in [0.1, 0.15) is 40.2 Å². The van der Waals surface area contributed by atoms with Crippen molar-refractivity contribution in [2.75, 3.05) is 13.1 Å². The Balaban J connectivity index is 1.99. The molecule has 0 spiro atoms. The lowest BCUT2D eigenvalue weighted by Crippen LogP contribution is -2.41. The monoisotopic (exact) mass is 424 g/mol. The number of halogens is 2. The van der Waals surface area contributed by atoms with E-state index in [1.165, 1.54) is 0 Å². The van der Waals surface area contributed by atoms with Crippen LogP contribution >= 0.6 is 34.7 Å². The number of benzene rings is 1. The summed E-state index contributed by atoms with van der Waals surface area (Å²) >= 11 is 13.8. The second-order valence-electron chi connectivity index (χ2n) is 6.16. The van der Waals surface area contributed by atoms with Crippen molar-refractivity contribution in [1.29, 1.82) is 0 Å². The molecule has 1 aliphatic rings. The fourth-order valence-corrected chi connectivity index (χ4v) is 3.96. The van der Waals surface area contributed by atoms with Crippen molar-refractivity contribution in [3.63, 3.8) is 0 Å². The number of aryl methyl sites for hydroxylation is 1. The van der Waals surface area contributed by atoms with Gasteiger partial charge in [0, 0.05) is 23.7 Å². The number of carbonyl (C=O) groups excluding carboxylic acids is 2. The molecule has 1 aromatic carbocycles. The molecule has 9 heteroatoms. The number of hydrogen-bond acceptors (Lipinski definition) is 5. The summed E-state index contributed by atoms with van der Waals surface area (Å²) in [5.74, 6) is -0.781. The number of nitrogens with one attached hydrogen (secondary N) is 1. The van der Waals surface area contributed by atoms with Crippen LogP contribution in [0.4, 0.5) is 0 Å². The number of rotatable bonds is 4. The van der Waals surface area contributed by atoms with E-state index in [0.29, 0.717) is 34.2 Å². The maximum atomic E-state index is 13.1. The zero-order chi connectivity index (χ0) is 19.4. The lowest BCUT2D eigenvalue weighted by molar-refractivity contribution is -0.128. The summed E-state index contributed by atoms with van der Waals surface area (Å²) in [7, 11) is 0. The number of piperidine rings is 1. The topological polar surface area (TPSA) is 75.2 Å². The van der Waals surface area contributed by atoms with Crippen molar-refractivity contribution in [3.8, 4) is 0 Å². The predicted octanol–water partition coefficient (Wildman–Crippen LogP) is 3.85. The first kappa shape index (κ1) is 19.8. The Kier molecular flexibility index (Phi) is 6.46. The van der Waals surface area contributed by atoms with Gasteiger partial charge in [0.25, 0.3) is 11.8 Å². The number of amides is 2. The summed E-state index contributed by atoms with van der Waals surface area (Å²) in [4.78, 5) is 27.8. The van der Waals surface area contributed by atoms with Gasteiger partial charge in [-0.1, -0.05) is 45.9 Å². The molecule has 27 heavy (non-hydrogen) atoms. The Morgan fingerprint density at radius 1 is 1.19 bits per heavy atom. The van der Waals surface area contributed by atoms with Crippen LogP contribution in [0.15, 0.2) is 30.0 Å². The molecule has 1 aliphatic heterocycles. The van der Waals surface area contributed by atoms with Crippen LogP contribution in [0.2, 0.25) is 5.02 Å². The van der Waals surface area contributed by atoms with Crippen LogP contribution in [0.5, 0.6) is 0 Å². The van der Waals surface area contributed by atoms with Crippen LogP contribution < -0.4 is 5.32 Å². The van der Waals surface area contributed by atoms with Gasteiger partial charge in [-0.2, -0.15) is 0 Å². The molecule has 2 heterocycles. The van der Waals surface area contributed by atoms with Gasteiger partial charge in [0.05, 0.1) is 10.7 Å². The largest absolute Gasteiger partial charge is 0.337 e. The molecule has 2 amide bonds. The van der Waals surface area contributed by atoms with Crippen LogP contribution in [-0.2, 0) is 4.79 Å². The Morgan fingerprint density at radius 2 is 1.89 bits per heavy atom. The van der Waals surface area contributed by atoms with Crippen LogP contribution in [0.3, 0.4) is 0 Å². The molecule has 1 saturated heterocycles. The molecule has 3 rings (SSSR count). The maximum absolute atomic E-state index is 13.1. The third kappa shape index (κ3) is 4.48. The van der Waals surface area contributed by atoms with Crippen LogP contribution in [-0.4, -0.2) is 39.4 Å². The van der Waals surface area contributed by atoms with Crippen molar-refractivity contribution < 1.29 is 9.59 Å². The Bertz CT molecular complexity index is 891. The molecule has 2 aromatic rings. The zero-order valence-electron chi connectivity index (χ0n) is 14.7. The number of likely N-dealkylation sites (tertiary alicyclic amines) is 1. The second-order valence-corrected chi connectivity index (χ2v) is 7.70. The highest BCUT2D eigenvalue weighted by Gasteiger charge is 2.27. The van der Waals surface area contributed by atoms with Crippen molar-refractivity contribution in [2.24, 2.45) is 0 Å². The first-order valence-corrected chi connectivity index (χ1v) is 10.1. The lowest BCUT2D eigenvalue weighted by Gasteiger charge is -2.28.